The normalized spacial score (nSPS) is 10.6. The topological polar surface area (TPSA) is 17.8 Å². The van der Waals surface area contributed by atoms with E-state index >= 15 is 0 Å². The Hall–Kier alpha value is -1.25. The molecule has 11 heavy (non-hydrogen) atoms. The first-order chi connectivity index (χ1) is 5.25. The number of hydrogen-bond acceptors (Lipinski definition) is 1. The van der Waals surface area contributed by atoms with Crippen molar-refractivity contribution in [3.05, 3.63) is 30.0 Å². The fourth-order valence-electron chi connectivity index (χ4n) is 1.15. The lowest BCUT2D eigenvalue weighted by molar-refractivity contribution is 1.01. The molecule has 2 rings (SSSR count). The van der Waals surface area contributed by atoms with Crippen molar-refractivity contribution in [2.45, 2.75) is 6.92 Å². The van der Waals surface area contributed by atoms with Crippen LogP contribution in [0.5, 0.6) is 0 Å². The minimum Gasteiger partial charge on any atom is -0.330 e. The second-order valence-electron chi connectivity index (χ2n) is 2.67. The van der Waals surface area contributed by atoms with Gasteiger partial charge in [-0.2, -0.15) is 5.10 Å². The summed E-state index contributed by atoms with van der Waals surface area (Å²) in [4.78, 5) is 0. The monoisotopic (exact) mass is 142 g/mol. The molecule has 0 unspecified atom stereocenters. The van der Waals surface area contributed by atoms with Crippen LogP contribution in [0.1, 0.15) is 5.56 Å². The number of benzene rings is 1. The van der Waals surface area contributed by atoms with Gasteiger partial charge in [0, 0.05) is 11.6 Å². The highest BCUT2D eigenvalue weighted by molar-refractivity contribution is 6.07. The van der Waals surface area contributed by atoms with Crippen molar-refractivity contribution in [2.24, 2.45) is 0 Å². The minimum atomic E-state index is 0.951. The van der Waals surface area contributed by atoms with Crippen LogP contribution in [0.2, 0.25) is 0 Å². The molecule has 1 aromatic heterocycles. The van der Waals surface area contributed by atoms with E-state index < -0.39 is 0 Å². The van der Waals surface area contributed by atoms with Gasteiger partial charge >= 0.3 is 0 Å². The minimum absolute atomic E-state index is 0.951. The van der Waals surface area contributed by atoms with Gasteiger partial charge in [0.2, 0.25) is 0 Å². The molecule has 0 amide bonds. The number of hydrogen-bond donors (Lipinski definition) is 0. The lowest BCUT2D eigenvalue weighted by Gasteiger charge is -1.88. The number of nitrogens with zero attached hydrogens (tertiary/aromatic N) is 2. The van der Waals surface area contributed by atoms with E-state index in [-0.39, 0.29) is 0 Å². The fourth-order valence-corrected chi connectivity index (χ4v) is 1.15. The number of rotatable bonds is 0. The van der Waals surface area contributed by atoms with Crippen LogP contribution < -0.4 is 0 Å². The van der Waals surface area contributed by atoms with E-state index in [0.717, 1.165) is 10.9 Å². The third kappa shape index (κ3) is 1.02. The Morgan fingerprint density at radius 3 is 3.09 bits per heavy atom. The quantitative estimate of drug-likeness (QED) is 0.506. The van der Waals surface area contributed by atoms with Crippen molar-refractivity contribution >= 4 is 18.9 Å². The van der Waals surface area contributed by atoms with Crippen LogP contribution in [-0.2, 0) is 0 Å². The van der Waals surface area contributed by atoms with Crippen molar-refractivity contribution in [1.29, 1.82) is 0 Å². The van der Waals surface area contributed by atoms with Crippen LogP contribution in [0.4, 0.5) is 0 Å². The molecule has 52 valence electrons. The number of fused-ring (bicyclic) bond motifs is 1. The van der Waals surface area contributed by atoms with Gasteiger partial charge in [0.25, 0.3) is 7.98 Å². The zero-order chi connectivity index (χ0) is 7.84. The van der Waals surface area contributed by atoms with E-state index in [1.807, 2.05) is 25.1 Å². The van der Waals surface area contributed by atoms with Crippen molar-refractivity contribution in [2.75, 3.05) is 0 Å². The summed E-state index contributed by atoms with van der Waals surface area (Å²) >= 11 is 0. The van der Waals surface area contributed by atoms with Crippen molar-refractivity contribution < 1.29 is 0 Å². The summed E-state index contributed by atoms with van der Waals surface area (Å²) in [6.07, 6.45) is 1.80. The zero-order valence-electron chi connectivity index (χ0n) is 6.28. The average Bonchev–Trinajstić information content (AvgIpc) is 2.27. The van der Waals surface area contributed by atoms with Crippen LogP contribution in [0, 0.1) is 6.92 Å². The highest BCUT2D eigenvalue weighted by atomic mass is 15.2. The van der Waals surface area contributed by atoms with E-state index in [1.54, 1.807) is 6.20 Å². The Morgan fingerprint density at radius 2 is 2.27 bits per heavy atom. The molecule has 1 heterocycles. The van der Waals surface area contributed by atoms with Gasteiger partial charge in [0.1, 0.15) is 0 Å². The molecule has 3 heteroatoms. The van der Waals surface area contributed by atoms with Gasteiger partial charge in [-0.1, -0.05) is 12.1 Å². The molecule has 2 nitrogen and oxygen atoms in total. The first-order valence-corrected chi connectivity index (χ1v) is 3.47. The summed E-state index contributed by atoms with van der Waals surface area (Å²) in [5, 5.41) is 5.15. The van der Waals surface area contributed by atoms with E-state index in [1.165, 1.54) is 10.2 Å². The third-order valence-corrected chi connectivity index (χ3v) is 1.68. The molecule has 0 aliphatic rings. The van der Waals surface area contributed by atoms with Crippen molar-refractivity contribution in [3.63, 3.8) is 0 Å². The zero-order valence-corrected chi connectivity index (χ0v) is 6.28. The molecule has 0 N–H and O–H groups in total. The molecule has 1 aromatic carbocycles. The highest BCUT2D eigenvalue weighted by Gasteiger charge is 1.95. The van der Waals surface area contributed by atoms with Crippen LogP contribution >= 0.6 is 0 Å². The van der Waals surface area contributed by atoms with Gasteiger partial charge in [-0.25, -0.2) is 0 Å². The maximum absolute atomic E-state index is 5.45. The summed E-state index contributed by atoms with van der Waals surface area (Å²) in [6.45, 7) is 2.04. The molecule has 0 aliphatic carbocycles. The summed E-state index contributed by atoms with van der Waals surface area (Å²) in [5.74, 6) is 0. The van der Waals surface area contributed by atoms with Crippen molar-refractivity contribution in [3.8, 4) is 0 Å². The van der Waals surface area contributed by atoms with E-state index in [9.17, 15) is 0 Å². The summed E-state index contributed by atoms with van der Waals surface area (Å²) in [5.41, 5.74) is 2.16. The highest BCUT2D eigenvalue weighted by Crippen LogP contribution is 2.12. The smallest absolute Gasteiger partial charge is 0.264 e. The average molecular weight is 142 g/mol. The van der Waals surface area contributed by atoms with Crippen LogP contribution in [0.15, 0.2) is 24.4 Å². The molecule has 0 bridgehead atoms. The van der Waals surface area contributed by atoms with E-state index in [4.69, 9.17) is 7.98 Å². The predicted octanol–water partition coefficient (Wildman–Crippen LogP) is 1.28. The van der Waals surface area contributed by atoms with E-state index in [0.29, 0.717) is 0 Å². The SMILES string of the molecule is [B]n1cc2ccc(C)cc2n1. The van der Waals surface area contributed by atoms with Crippen LogP contribution in [-0.4, -0.2) is 17.7 Å². The van der Waals surface area contributed by atoms with Gasteiger partial charge < -0.3 is 4.59 Å². The second-order valence-corrected chi connectivity index (χ2v) is 2.67. The van der Waals surface area contributed by atoms with Crippen LogP contribution in [0.3, 0.4) is 0 Å². The molecule has 2 aromatic rings. The maximum Gasteiger partial charge on any atom is 0.264 e. The lowest BCUT2D eigenvalue weighted by Crippen LogP contribution is -1.88. The molecule has 0 aliphatic heterocycles. The molecular formula is C8H7BN2. The number of aromatic nitrogens is 2. The third-order valence-electron chi connectivity index (χ3n) is 1.68. The lowest BCUT2D eigenvalue weighted by atomic mass is 10.2. The number of aryl methyl sites for hydroxylation is 1. The van der Waals surface area contributed by atoms with Gasteiger partial charge in [-0.3, -0.25) is 0 Å². The standard InChI is InChI=1S/C8H7BN2/c1-6-2-3-7-5-11(9)10-8(7)4-6/h2-5H,1H3. The Bertz CT molecular complexity index is 392. The Morgan fingerprint density at radius 1 is 1.45 bits per heavy atom. The summed E-state index contributed by atoms with van der Waals surface area (Å²) in [6, 6.07) is 6.07. The Balaban J connectivity index is 2.82. The van der Waals surface area contributed by atoms with Gasteiger partial charge in [0.05, 0.1) is 5.52 Å². The molecule has 2 radical (unpaired) electrons. The Kier molecular flexibility index (Phi) is 1.25. The molecule has 0 atom stereocenters. The molecule has 0 saturated heterocycles. The molecule has 0 fully saturated rings. The van der Waals surface area contributed by atoms with Gasteiger partial charge in [-0.15, -0.1) is 0 Å². The predicted molar refractivity (Wildman–Crippen MR) is 45.6 cm³/mol. The molecular weight excluding hydrogens is 135 g/mol. The largest absolute Gasteiger partial charge is 0.330 e. The Labute approximate surface area is 66.3 Å². The summed E-state index contributed by atoms with van der Waals surface area (Å²) < 4.78 is 1.34. The van der Waals surface area contributed by atoms with Crippen LogP contribution in [0.25, 0.3) is 10.9 Å². The fraction of sp³-hybridized carbons (Fsp3) is 0.125. The van der Waals surface area contributed by atoms with Crippen molar-refractivity contribution in [1.82, 2.24) is 9.69 Å². The summed E-state index contributed by atoms with van der Waals surface area (Å²) in [7, 11) is 5.45. The molecule has 0 spiro atoms. The van der Waals surface area contributed by atoms with E-state index in [2.05, 4.69) is 5.10 Å². The first kappa shape index (κ1) is 6.46. The maximum atomic E-state index is 5.45. The second kappa shape index (κ2) is 2.12. The first-order valence-electron chi connectivity index (χ1n) is 3.47. The molecule has 0 saturated carbocycles. The van der Waals surface area contributed by atoms with Gasteiger partial charge in [-0.05, 0) is 18.6 Å². The van der Waals surface area contributed by atoms with Gasteiger partial charge in [0.15, 0.2) is 0 Å².